The molecule has 6 rings (SSSR count). The third-order valence-electron chi connectivity index (χ3n) is 7.69. The van der Waals surface area contributed by atoms with E-state index in [9.17, 15) is 0 Å². The highest BCUT2D eigenvalue weighted by Gasteiger charge is 2.51. The summed E-state index contributed by atoms with van der Waals surface area (Å²) in [5.41, 5.74) is 7.34. The largest absolute Gasteiger partial charge is 0.311 e. The van der Waals surface area contributed by atoms with Crippen LogP contribution in [0.25, 0.3) is 16.6 Å². The maximum Gasteiger partial charge on any atom is 0.109 e. The molecule has 0 N–H and O–H groups in total. The molecule has 3 atom stereocenters. The lowest BCUT2D eigenvalue weighted by atomic mass is 9.55. The van der Waals surface area contributed by atoms with Crippen molar-refractivity contribution in [1.29, 1.82) is 0 Å². The summed E-state index contributed by atoms with van der Waals surface area (Å²) >= 11 is 0. The summed E-state index contributed by atoms with van der Waals surface area (Å²) in [5.74, 6) is 1.52. The van der Waals surface area contributed by atoms with Gasteiger partial charge in [0.05, 0.1) is 11.2 Å². The van der Waals surface area contributed by atoms with E-state index in [2.05, 4.69) is 54.1 Å². The molecule has 0 amide bonds. The topological polar surface area (TPSA) is 22.8 Å². The van der Waals surface area contributed by atoms with E-state index in [4.69, 9.17) is 5.10 Å². The van der Waals surface area contributed by atoms with Crippen LogP contribution in [-0.4, -0.2) is 14.3 Å². The molecule has 1 aliphatic heterocycles. The number of allylic oxidation sites excluding steroid dienone is 1. The smallest absolute Gasteiger partial charge is 0.109 e. The van der Waals surface area contributed by atoms with Crippen molar-refractivity contribution in [3.8, 4) is 0 Å². The van der Waals surface area contributed by atoms with E-state index >= 15 is 0 Å². The maximum absolute atomic E-state index is 4.82. The summed E-state index contributed by atoms with van der Waals surface area (Å²) in [6.45, 7) is 2.40. The van der Waals surface area contributed by atoms with Crippen molar-refractivity contribution in [2.75, 3.05) is 0 Å². The minimum absolute atomic E-state index is 0.301. The Bertz CT molecular complexity index is 1080. The van der Waals surface area contributed by atoms with Gasteiger partial charge >= 0.3 is 0 Å². The first-order chi connectivity index (χ1) is 13.2. The fourth-order valence-corrected chi connectivity index (χ4v) is 6.53. The van der Waals surface area contributed by atoms with Crippen LogP contribution in [0.4, 0.5) is 0 Å². The lowest BCUT2D eigenvalue weighted by molar-refractivity contribution is 0.118. The van der Waals surface area contributed by atoms with Crippen LogP contribution in [0.3, 0.4) is 0 Å². The summed E-state index contributed by atoms with van der Waals surface area (Å²) in [7, 11) is 2.02. The standard InChI is InChI=1S/C24H27N3/c1-3-24-13-6-7-16-10-11-18-17-8-4-5-9-20(17)27(23(18)22(16)24)21(15-24)19-12-14-26(2)25-19/h4-5,8-9,12,14-16,22H,3,6-7,10-11,13H2,1-2H3/t16?,22-,24+/m1/s1. The monoisotopic (exact) mass is 357 g/mol. The number of rotatable bonds is 2. The summed E-state index contributed by atoms with van der Waals surface area (Å²) in [6, 6.07) is 11.2. The molecule has 3 aliphatic rings. The van der Waals surface area contributed by atoms with Gasteiger partial charge in [-0.15, -0.1) is 0 Å². The van der Waals surface area contributed by atoms with E-state index in [0.29, 0.717) is 11.3 Å². The predicted octanol–water partition coefficient (Wildman–Crippen LogP) is 5.50. The van der Waals surface area contributed by atoms with E-state index in [0.717, 1.165) is 11.6 Å². The Morgan fingerprint density at radius 1 is 1.19 bits per heavy atom. The Labute approximate surface area is 160 Å². The van der Waals surface area contributed by atoms with Crippen LogP contribution in [0.1, 0.15) is 61.9 Å². The van der Waals surface area contributed by atoms with Crippen LogP contribution >= 0.6 is 0 Å². The van der Waals surface area contributed by atoms with Gasteiger partial charge in [-0.3, -0.25) is 4.68 Å². The highest BCUT2D eigenvalue weighted by Crippen LogP contribution is 2.61. The second kappa shape index (κ2) is 5.37. The van der Waals surface area contributed by atoms with Crippen LogP contribution in [0, 0.1) is 11.3 Å². The van der Waals surface area contributed by atoms with Gasteiger partial charge in [-0.05, 0) is 61.1 Å². The van der Waals surface area contributed by atoms with Crippen molar-refractivity contribution in [1.82, 2.24) is 14.3 Å². The first-order valence-electron chi connectivity index (χ1n) is 10.6. The van der Waals surface area contributed by atoms with E-state index in [1.165, 1.54) is 55.1 Å². The van der Waals surface area contributed by atoms with Gasteiger partial charge in [-0.1, -0.05) is 37.6 Å². The molecular weight excluding hydrogens is 330 g/mol. The third kappa shape index (κ3) is 1.95. The van der Waals surface area contributed by atoms with E-state index < -0.39 is 0 Å². The first kappa shape index (κ1) is 15.7. The molecule has 1 aromatic carbocycles. The average Bonchev–Trinajstić information content (AvgIpc) is 3.28. The number of aryl methyl sites for hydroxylation is 2. The van der Waals surface area contributed by atoms with E-state index in [1.807, 2.05) is 11.7 Å². The number of nitrogens with zero attached hydrogens (tertiary/aromatic N) is 3. The van der Waals surface area contributed by atoms with Gasteiger partial charge in [0.2, 0.25) is 0 Å². The molecule has 3 heterocycles. The average molecular weight is 358 g/mol. The van der Waals surface area contributed by atoms with Crippen molar-refractivity contribution < 1.29 is 0 Å². The van der Waals surface area contributed by atoms with Gasteiger partial charge < -0.3 is 4.57 Å². The number of para-hydroxylation sites is 1. The number of hydrogen-bond acceptors (Lipinski definition) is 1. The summed E-state index contributed by atoms with van der Waals surface area (Å²) < 4.78 is 4.52. The summed E-state index contributed by atoms with van der Waals surface area (Å²) in [6.07, 6.45) is 12.6. The molecule has 3 aromatic rings. The van der Waals surface area contributed by atoms with Crippen LogP contribution in [0.5, 0.6) is 0 Å². The normalized spacial score (nSPS) is 28.9. The van der Waals surface area contributed by atoms with Gasteiger partial charge in [0, 0.05) is 30.2 Å². The zero-order valence-corrected chi connectivity index (χ0v) is 16.3. The fraction of sp³-hybridized carbons (Fsp3) is 0.458. The number of aromatic nitrogens is 3. The molecule has 2 aromatic heterocycles. The van der Waals surface area contributed by atoms with Crippen molar-refractivity contribution in [3.05, 3.63) is 59.6 Å². The molecule has 2 aliphatic carbocycles. The minimum Gasteiger partial charge on any atom is -0.311 e. The molecule has 0 saturated heterocycles. The van der Waals surface area contributed by atoms with Crippen molar-refractivity contribution >= 4 is 16.6 Å². The van der Waals surface area contributed by atoms with Gasteiger partial charge in [0.1, 0.15) is 5.69 Å². The lowest BCUT2D eigenvalue weighted by Gasteiger charge is -2.52. The molecule has 0 radical (unpaired) electrons. The lowest BCUT2D eigenvalue weighted by Crippen LogP contribution is -2.42. The minimum atomic E-state index is 0.301. The predicted molar refractivity (Wildman–Crippen MR) is 110 cm³/mol. The molecule has 1 saturated carbocycles. The Morgan fingerprint density at radius 3 is 2.89 bits per heavy atom. The zero-order chi connectivity index (χ0) is 18.2. The molecule has 27 heavy (non-hydrogen) atoms. The first-order valence-corrected chi connectivity index (χ1v) is 10.6. The Kier molecular flexibility index (Phi) is 3.13. The summed E-state index contributed by atoms with van der Waals surface area (Å²) in [5, 5.41) is 6.28. The molecule has 0 spiro atoms. The van der Waals surface area contributed by atoms with Crippen LogP contribution in [-0.2, 0) is 13.5 Å². The molecule has 138 valence electrons. The van der Waals surface area contributed by atoms with Crippen LogP contribution < -0.4 is 0 Å². The summed E-state index contributed by atoms with van der Waals surface area (Å²) in [4.78, 5) is 0. The van der Waals surface area contributed by atoms with Crippen LogP contribution in [0.15, 0.2) is 42.6 Å². The van der Waals surface area contributed by atoms with Crippen molar-refractivity contribution in [2.24, 2.45) is 18.4 Å². The van der Waals surface area contributed by atoms with E-state index in [-0.39, 0.29) is 0 Å². The quantitative estimate of drug-likeness (QED) is 0.593. The maximum atomic E-state index is 4.82. The highest BCUT2D eigenvalue weighted by molar-refractivity contribution is 5.91. The Morgan fingerprint density at radius 2 is 2.07 bits per heavy atom. The molecule has 1 fully saturated rings. The molecule has 1 unspecified atom stereocenters. The highest BCUT2D eigenvalue weighted by atomic mass is 15.3. The molecule has 3 heteroatoms. The third-order valence-corrected chi connectivity index (χ3v) is 7.69. The van der Waals surface area contributed by atoms with Gasteiger partial charge in [0.25, 0.3) is 0 Å². The SMILES string of the molecule is CC[C@@]12C=C(c3ccn(C)n3)n3c4c(c5ccccc53)CCC(CCC1)[C@H]42. The molecular formula is C24H27N3. The fourth-order valence-electron chi connectivity index (χ4n) is 6.53. The molecule has 0 bridgehead atoms. The van der Waals surface area contributed by atoms with E-state index in [1.54, 1.807) is 11.3 Å². The Balaban J connectivity index is 1.73. The second-order valence-electron chi connectivity index (χ2n) is 8.88. The zero-order valence-electron chi connectivity index (χ0n) is 16.3. The van der Waals surface area contributed by atoms with Crippen LogP contribution in [0.2, 0.25) is 0 Å². The second-order valence-corrected chi connectivity index (χ2v) is 8.88. The van der Waals surface area contributed by atoms with Crippen molar-refractivity contribution in [3.63, 3.8) is 0 Å². The number of fused-ring (bicyclic) bond motifs is 3. The molecule has 3 nitrogen and oxygen atoms in total. The number of hydrogen-bond donors (Lipinski definition) is 0. The van der Waals surface area contributed by atoms with Gasteiger partial charge in [-0.25, -0.2) is 0 Å². The van der Waals surface area contributed by atoms with Crippen molar-refractivity contribution in [2.45, 2.75) is 51.4 Å². The number of benzene rings is 1. The van der Waals surface area contributed by atoms with Gasteiger partial charge in [-0.2, -0.15) is 5.10 Å². The van der Waals surface area contributed by atoms with Gasteiger partial charge in [0.15, 0.2) is 0 Å². The Hall–Kier alpha value is -2.29.